The number of carbonyl (C=O) groups is 2. The molecule has 0 bridgehead atoms. The molecule has 21 heavy (non-hydrogen) atoms. The van der Waals surface area contributed by atoms with Crippen molar-refractivity contribution in [1.29, 1.82) is 0 Å². The van der Waals surface area contributed by atoms with Crippen LogP contribution in [0.5, 0.6) is 0 Å². The number of carbonyl (C=O) groups excluding carboxylic acids is 2. The molecule has 1 aromatic rings. The van der Waals surface area contributed by atoms with Crippen LogP contribution in [0.15, 0.2) is 24.3 Å². The van der Waals surface area contributed by atoms with Crippen molar-refractivity contribution in [3.05, 3.63) is 29.8 Å². The quantitative estimate of drug-likeness (QED) is 0.677. The summed E-state index contributed by atoms with van der Waals surface area (Å²) in [5.41, 5.74) is 1.17. The molecule has 1 unspecified atom stereocenters. The first-order valence-corrected chi connectivity index (χ1v) is 10.9. The van der Waals surface area contributed by atoms with Crippen molar-refractivity contribution in [2.75, 3.05) is 7.05 Å². The average molecular weight is 304 g/mol. The molecule has 1 atom stereocenters. The molecule has 1 heterocycles. The summed E-state index contributed by atoms with van der Waals surface area (Å²) in [5, 5.41) is 4.70. The van der Waals surface area contributed by atoms with Crippen LogP contribution >= 0.6 is 0 Å². The summed E-state index contributed by atoms with van der Waals surface area (Å²) in [6.07, 6.45) is 1.03. The first-order chi connectivity index (χ1) is 9.79. The van der Waals surface area contributed by atoms with E-state index in [1.807, 2.05) is 0 Å². The van der Waals surface area contributed by atoms with Crippen LogP contribution < -0.4 is 10.5 Å². The molecule has 2 rings (SSSR count). The van der Waals surface area contributed by atoms with Gasteiger partial charge in [-0.2, -0.15) is 0 Å². The SMILES string of the molecule is CN1C(=O)CCC(NCc2ccc([Si](C)(C)C)cc2)C1=O. The molecular formula is C16H24N2O2Si. The maximum atomic E-state index is 12.0. The van der Waals surface area contributed by atoms with Gasteiger partial charge >= 0.3 is 0 Å². The Labute approximate surface area is 127 Å². The Morgan fingerprint density at radius 1 is 1.19 bits per heavy atom. The molecule has 1 fully saturated rings. The fraction of sp³-hybridized carbons (Fsp3) is 0.500. The number of piperidine rings is 1. The van der Waals surface area contributed by atoms with Crippen LogP contribution in [0.1, 0.15) is 18.4 Å². The molecular weight excluding hydrogens is 280 g/mol. The third-order valence-electron chi connectivity index (χ3n) is 4.02. The predicted molar refractivity (Wildman–Crippen MR) is 87.1 cm³/mol. The molecule has 114 valence electrons. The van der Waals surface area contributed by atoms with E-state index >= 15 is 0 Å². The molecule has 0 radical (unpaired) electrons. The van der Waals surface area contributed by atoms with E-state index in [1.165, 1.54) is 15.7 Å². The highest BCUT2D eigenvalue weighted by atomic mass is 28.3. The fourth-order valence-electron chi connectivity index (χ4n) is 2.47. The second kappa shape index (κ2) is 6.11. The molecule has 5 heteroatoms. The molecule has 1 aliphatic heterocycles. The summed E-state index contributed by atoms with van der Waals surface area (Å²) in [6, 6.07) is 8.40. The van der Waals surface area contributed by atoms with Gasteiger partial charge in [0.2, 0.25) is 11.8 Å². The van der Waals surface area contributed by atoms with Gasteiger partial charge in [-0.15, -0.1) is 0 Å². The van der Waals surface area contributed by atoms with Crippen LogP contribution in [0.3, 0.4) is 0 Å². The number of hydrogen-bond donors (Lipinski definition) is 1. The first kappa shape index (κ1) is 15.9. The zero-order chi connectivity index (χ0) is 15.6. The Hall–Kier alpha value is -1.46. The van der Waals surface area contributed by atoms with Gasteiger partial charge in [-0.1, -0.05) is 49.1 Å². The minimum absolute atomic E-state index is 0.0856. The lowest BCUT2D eigenvalue weighted by Crippen LogP contribution is -2.51. The zero-order valence-corrected chi connectivity index (χ0v) is 14.3. The fourth-order valence-corrected chi connectivity index (χ4v) is 3.64. The minimum Gasteiger partial charge on any atom is -0.302 e. The summed E-state index contributed by atoms with van der Waals surface area (Å²) in [4.78, 5) is 24.7. The topological polar surface area (TPSA) is 49.4 Å². The van der Waals surface area contributed by atoms with Gasteiger partial charge in [0, 0.05) is 20.0 Å². The summed E-state index contributed by atoms with van der Waals surface area (Å²) in [7, 11) is 0.299. The lowest BCUT2D eigenvalue weighted by Gasteiger charge is -2.28. The van der Waals surface area contributed by atoms with Crippen molar-refractivity contribution >= 4 is 25.1 Å². The van der Waals surface area contributed by atoms with E-state index < -0.39 is 8.07 Å². The highest BCUT2D eigenvalue weighted by Crippen LogP contribution is 2.12. The van der Waals surface area contributed by atoms with Gasteiger partial charge in [0.1, 0.15) is 0 Å². The van der Waals surface area contributed by atoms with E-state index in [4.69, 9.17) is 0 Å². The van der Waals surface area contributed by atoms with Crippen LogP contribution in [-0.4, -0.2) is 37.9 Å². The van der Waals surface area contributed by atoms with E-state index in [1.54, 1.807) is 7.05 Å². The normalized spacial score (nSPS) is 20.0. The molecule has 2 amide bonds. The number of benzene rings is 1. The molecule has 1 N–H and O–H groups in total. The van der Waals surface area contributed by atoms with Gasteiger partial charge in [-0.25, -0.2) is 0 Å². The van der Waals surface area contributed by atoms with Crippen LogP contribution in [0.4, 0.5) is 0 Å². The molecule has 1 saturated heterocycles. The van der Waals surface area contributed by atoms with Gasteiger partial charge < -0.3 is 5.32 Å². The Kier molecular flexibility index (Phi) is 4.63. The zero-order valence-electron chi connectivity index (χ0n) is 13.3. The molecule has 0 aromatic heterocycles. The molecule has 1 aromatic carbocycles. The van der Waals surface area contributed by atoms with Crippen molar-refractivity contribution < 1.29 is 9.59 Å². The first-order valence-electron chi connectivity index (χ1n) is 7.42. The van der Waals surface area contributed by atoms with Crippen molar-refractivity contribution in [2.24, 2.45) is 0 Å². The number of likely N-dealkylation sites (tertiary alicyclic amines) is 1. The molecule has 0 saturated carbocycles. The molecule has 1 aliphatic rings. The summed E-state index contributed by atoms with van der Waals surface area (Å²) >= 11 is 0. The van der Waals surface area contributed by atoms with Crippen molar-refractivity contribution in [3.63, 3.8) is 0 Å². The molecule has 0 spiro atoms. The highest BCUT2D eigenvalue weighted by molar-refractivity contribution is 6.88. The number of likely N-dealkylation sites (N-methyl/N-ethyl adjacent to an activating group) is 1. The van der Waals surface area contributed by atoms with Gasteiger partial charge in [0.25, 0.3) is 0 Å². The Bertz CT molecular complexity index is 534. The monoisotopic (exact) mass is 304 g/mol. The number of nitrogens with zero attached hydrogens (tertiary/aromatic N) is 1. The van der Waals surface area contributed by atoms with E-state index in [0.717, 1.165) is 0 Å². The number of amides is 2. The predicted octanol–water partition coefficient (Wildman–Crippen LogP) is 1.47. The van der Waals surface area contributed by atoms with Crippen LogP contribution in [0.2, 0.25) is 19.6 Å². The number of hydrogen-bond acceptors (Lipinski definition) is 3. The van der Waals surface area contributed by atoms with Crippen LogP contribution in [0, 0.1) is 0 Å². The number of rotatable bonds is 4. The maximum absolute atomic E-state index is 12.0. The van der Waals surface area contributed by atoms with E-state index in [0.29, 0.717) is 19.4 Å². The van der Waals surface area contributed by atoms with Gasteiger partial charge in [-0.05, 0) is 12.0 Å². The second-order valence-electron chi connectivity index (χ2n) is 6.71. The standard InChI is InChI=1S/C16H24N2O2Si/c1-18-15(19)10-9-14(16(18)20)17-11-12-5-7-13(8-6-12)21(2,3)4/h5-8,14,17H,9-11H2,1-4H3. The molecule has 0 aliphatic carbocycles. The number of imide groups is 1. The average Bonchev–Trinajstić information content (AvgIpc) is 2.43. The van der Waals surface area contributed by atoms with E-state index in [9.17, 15) is 9.59 Å². The number of nitrogens with one attached hydrogen (secondary N) is 1. The highest BCUT2D eigenvalue weighted by Gasteiger charge is 2.31. The largest absolute Gasteiger partial charge is 0.302 e. The van der Waals surface area contributed by atoms with Crippen molar-refractivity contribution in [1.82, 2.24) is 10.2 Å². The smallest absolute Gasteiger partial charge is 0.246 e. The maximum Gasteiger partial charge on any atom is 0.246 e. The summed E-state index contributed by atoms with van der Waals surface area (Å²) < 4.78 is 0. The minimum atomic E-state index is -1.26. The Morgan fingerprint density at radius 3 is 2.38 bits per heavy atom. The lowest BCUT2D eigenvalue weighted by atomic mass is 10.0. The Balaban J connectivity index is 1.94. The second-order valence-corrected chi connectivity index (χ2v) is 11.8. The van der Waals surface area contributed by atoms with E-state index in [2.05, 4.69) is 49.2 Å². The third kappa shape index (κ3) is 3.80. The van der Waals surface area contributed by atoms with Crippen molar-refractivity contribution in [3.8, 4) is 0 Å². The Morgan fingerprint density at radius 2 is 1.81 bits per heavy atom. The summed E-state index contributed by atoms with van der Waals surface area (Å²) in [5.74, 6) is -0.206. The van der Waals surface area contributed by atoms with Crippen molar-refractivity contribution in [2.45, 2.75) is 45.1 Å². The third-order valence-corrected chi connectivity index (χ3v) is 6.09. The lowest BCUT2D eigenvalue weighted by molar-refractivity contribution is -0.148. The van der Waals surface area contributed by atoms with Gasteiger partial charge in [0.05, 0.1) is 14.1 Å². The van der Waals surface area contributed by atoms with Gasteiger partial charge in [-0.3, -0.25) is 14.5 Å². The summed E-state index contributed by atoms with van der Waals surface area (Å²) in [6.45, 7) is 7.64. The van der Waals surface area contributed by atoms with Crippen LogP contribution in [0.25, 0.3) is 0 Å². The van der Waals surface area contributed by atoms with E-state index in [-0.39, 0.29) is 17.9 Å². The molecule has 4 nitrogen and oxygen atoms in total. The van der Waals surface area contributed by atoms with Gasteiger partial charge in [0.15, 0.2) is 0 Å². The van der Waals surface area contributed by atoms with Crippen LogP contribution in [-0.2, 0) is 16.1 Å².